The van der Waals surface area contributed by atoms with E-state index in [0.29, 0.717) is 19.0 Å². The molecule has 6 nitrogen and oxygen atoms in total. The predicted molar refractivity (Wildman–Crippen MR) is 85.0 cm³/mol. The van der Waals surface area contributed by atoms with Crippen LogP contribution in [0.15, 0.2) is 34.1 Å². The van der Waals surface area contributed by atoms with Crippen LogP contribution in [0.25, 0.3) is 0 Å². The Labute approximate surface area is 132 Å². The molecule has 124 valence electrons. The van der Waals surface area contributed by atoms with Gasteiger partial charge >= 0.3 is 0 Å². The number of sulfonamides is 1. The summed E-state index contributed by atoms with van der Waals surface area (Å²) in [5.74, 6) is 0.504. The molecule has 2 rings (SSSR count). The van der Waals surface area contributed by atoms with Gasteiger partial charge in [0.05, 0.1) is 9.79 Å². The van der Waals surface area contributed by atoms with Crippen molar-refractivity contribution in [3.8, 4) is 0 Å². The number of benzene rings is 1. The maximum atomic E-state index is 12.6. The number of hydrogen-bond acceptors (Lipinski definition) is 5. The standard InChI is InChI=1S/C14H22N2O4S2/c1-15-11-12-7-9-16(10-8-12)22(19,20)14-5-3-13(4-6-14)21(2,17)18/h3-6,12,15H,7-11H2,1-2H3. The van der Waals surface area contributed by atoms with Gasteiger partial charge in [-0.3, -0.25) is 0 Å². The van der Waals surface area contributed by atoms with E-state index in [1.807, 2.05) is 7.05 Å². The van der Waals surface area contributed by atoms with Crippen LogP contribution in [0.5, 0.6) is 0 Å². The van der Waals surface area contributed by atoms with Gasteiger partial charge in [-0.05, 0) is 56.6 Å². The molecule has 8 heteroatoms. The lowest BCUT2D eigenvalue weighted by Crippen LogP contribution is -2.40. The highest BCUT2D eigenvalue weighted by Crippen LogP contribution is 2.24. The zero-order valence-electron chi connectivity index (χ0n) is 12.8. The second-order valence-corrected chi connectivity index (χ2v) is 9.60. The molecule has 1 aromatic rings. The second-order valence-electron chi connectivity index (χ2n) is 5.65. The Morgan fingerprint density at radius 3 is 2.00 bits per heavy atom. The van der Waals surface area contributed by atoms with Crippen LogP contribution in [0.2, 0.25) is 0 Å². The van der Waals surface area contributed by atoms with Gasteiger partial charge in [0.25, 0.3) is 0 Å². The van der Waals surface area contributed by atoms with Gasteiger partial charge in [0.1, 0.15) is 0 Å². The summed E-state index contributed by atoms with van der Waals surface area (Å²) in [7, 11) is -4.97. The summed E-state index contributed by atoms with van der Waals surface area (Å²) in [4.78, 5) is 0.270. The van der Waals surface area contributed by atoms with Crippen molar-refractivity contribution < 1.29 is 16.8 Å². The van der Waals surface area contributed by atoms with Gasteiger partial charge in [0.2, 0.25) is 10.0 Å². The van der Waals surface area contributed by atoms with Gasteiger partial charge in [-0.2, -0.15) is 4.31 Å². The van der Waals surface area contributed by atoms with E-state index in [1.54, 1.807) is 0 Å². The maximum absolute atomic E-state index is 12.6. The van der Waals surface area contributed by atoms with Crippen LogP contribution in [0.4, 0.5) is 0 Å². The molecule has 0 spiro atoms. The third-order valence-electron chi connectivity index (χ3n) is 3.96. The molecule has 0 aromatic heterocycles. The maximum Gasteiger partial charge on any atom is 0.243 e. The molecule has 1 aliphatic rings. The van der Waals surface area contributed by atoms with Gasteiger partial charge in [0, 0.05) is 19.3 Å². The number of piperidine rings is 1. The molecule has 1 N–H and O–H groups in total. The van der Waals surface area contributed by atoms with E-state index < -0.39 is 19.9 Å². The molecule has 1 fully saturated rings. The smallest absolute Gasteiger partial charge is 0.243 e. The Kier molecular flexibility index (Phi) is 5.26. The predicted octanol–water partition coefficient (Wildman–Crippen LogP) is 0.710. The summed E-state index contributed by atoms with van der Waals surface area (Å²) < 4.78 is 49.5. The number of nitrogens with one attached hydrogen (secondary N) is 1. The lowest BCUT2D eigenvalue weighted by molar-refractivity contribution is 0.270. The van der Waals surface area contributed by atoms with Crippen LogP contribution in [-0.4, -0.2) is 54.1 Å². The molecule has 22 heavy (non-hydrogen) atoms. The first-order valence-corrected chi connectivity index (χ1v) is 10.5. The largest absolute Gasteiger partial charge is 0.319 e. The first kappa shape index (κ1) is 17.4. The van der Waals surface area contributed by atoms with Gasteiger partial charge in [0.15, 0.2) is 9.84 Å². The van der Waals surface area contributed by atoms with E-state index in [9.17, 15) is 16.8 Å². The zero-order chi connectivity index (χ0) is 16.4. The molecule has 0 amide bonds. The zero-order valence-corrected chi connectivity index (χ0v) is 14.5. The molecule has 0 unspecified atom stereocenters. The van der Waals surface area contributed by atoms with Crippen molar-refractivity contribution in [3.63, 3.8) is 0 Å². The summed E-state index contributed by atoms with van der Waals surface area (Å²) in [5, 5.41) is 3.12. The first-order chi connectivity index (χ1) is 10.2. The minimum absolute atomic E-state index is 0.124. The highest BCUT2D eigenvalue weighted by molar-refractivity contribution is 7.90. The minimum Gasteiger partial charge on any atom is -0.319 e. The van der Waals surface area contributed by atoms with E-state index in [-0.39, 0.29) is 9.79 Å². The number of hydrogen-bond donors (Lipinski definition) is 1. The van der Waals surface area contributed by atoms with Crippen molar-refractivity contribution in [1.82, 2.24) is 9.62 Å². The third-order valence-corrected chi connectivity index (χ3v) is 7.00. The normalized spacial score (nSPS) is 18.5. The fourth-order valence-electron chi connectivity index (χ4n) is 2.65. The second kappa shape index (κ2) is 6.66. The number of sulfone groups is 1. The summed E-state index contributed by atoms with van der Waals surface area (Å²) in [6, 6.07) is 5.42. The van der Waals surface area contributed by atoms with Crippen molar-refractivity contribution in [2.45, 2.75) is 22.6 Å². The average molecular weight is 346 g/mol. The molecule has 1 saturated heterocycles. The van der Waals surface area contributed by atoms with Crippen LogP contribution in [0, 0.1) is 5.92 Å². The summed E-state index contributed by atoms with van der Waals surface area (Å²) in [6.07, 6.45) is 2.77. The fraction of sp³-hybridized carbons (Fsp3) is 0.571. The van der Waals surface area contributed by atoms with E-state index in [1.165, 1.54) is 28.6 Å². The lowest BCUT2D eigenvalue weighted by atomic mass is 9.98. The quantitative estimate of drug-likeness (QED) is 0.849. The number of rotatable bonds is 5. The van der Waals surface area contributed by atoms with Gasteiger partial charge < -0.3 is 5.32 Å². The van der Waals surface area contributed by atoms with Crippen molar-refractivity contribution in [2.75, 3.05) is 32.9 Å². The Morgan fingerprint density at radius 2 is 1.55 bits per heavy atom. The SMILES string of the molecule is CNCC1CCN(S(=O)(=O)c2ccc(S(C)(=O)=O)cc2)CC1. The van der Waals surface area contributed by atoms with Crippen molar-refractivity contribution in [2.24, 2.45) is 5.92 Å². The summed E-state index contributed by atoms with van der Waals surface area (Å²) >= 11 is 0. The Bertz CT molecular complexity index is 704. The first-order valence-electron chi connectivity index (χ1n) is 7.20. The molecule has 1 aromatic carbocycles. The number of nitrogens with zero attached hydrogens (tertiary/aromatic N) is 1. The summed E-state index contributed by atoms with van der Waals surface area (Å²) in [6.45, 7) is 1.90. The molecule has 0 atom stereocenters. The third kappa shape index (κ3) is 3.87. The monoisotopic (exact) mass is 346 g/mol. The Balaban J connectivity index is 2.14. The molecule has 1 heterocycles. The van der Waals surface area contributed by atoms with Crippen molar-refractivity contribution in [3.05, 3.63) is 24.3 Å². The fourth-order valence-corrected chi connectivity index (χ4v) is 4.75. The average Bonchev–Trinajstić information content (AvgIpc) is 2.47. The van der Waals surface area contributed by atoms with E-state index in [0.717, 1.165) is 25.6 Å². The molecule has 0 radical (unpaired) electrons. The molecule has 0 saturated carbocycles. The van der Waals surface area contributed by atoms with E-state index in [2.05, 4.69) is 5.32 Å². The van der Waals surface area contributed by atoms with Crippen LogP contribution in [0.3, 0.4) is 0 Å². The molecule has 1 aliphatic heterocycles. The van der Waals surface area contributed by atoms with E-state index in [4.69, 9.17) is 0 Å². The van der Waals surface area contributed by atoms with E-state index >= 15 is 0 Å². The van der Waals surface area contributed by atoms with Crippen LogP contribution in [-0.2, 0) is 19.9 Å². The molecular formula is C14H22N2O4S2. The van der Waals surface area contributed by atoms with Crippen LogP contribution < -0.4 is 5.32 Å². The molecular weight excluding hydrogens is 324 g/mol. The van der Waals surface area contributed by atoms with Gasteiger partial charge in [-0.25, -0.2) is 16.8 Å². The van der Waals surface area contributed by atoms with Crippen molar-refractivity contribution >= 4 is 19.9 Å². The van der Waals surface area contributed by atoms with Crippen LogP contribution >= 0.6 is 0 Å². The Hall–Kier alpha value is -0.960. The highest BCUT2D eigenvalue weighted by Gasteiger charge is 2.29. The topological polar surface area (TPSA) is 83.6 Å². The van der Waals surface area contributed by atoms with Gasteiger partial charge in [-0.15, -0.1) is 0 Å². The van der Waals surface area contributed by atoms with Crippen LogP contribution in [0.1, 0.15) is 12.8 Å². The summed E-state index contributed by atoms with van der Waals surface area (Å²) in [5.41, 5.74) is 0. The van der Waals surface area contributed by atoms with Gasteiger partial charge in [-0.1, -0.05) is 0 Å². The lowest BCUT2D eigenvalue weighted by Gasteiger charge is -2.31. The molecule has 0 aliphatic carbocycles. The molecule has 0 bridgehead atoms. The minimum atomic E-state index is -3.54. The van der Waals surface area contributed by atoms with Crippen molar-refractivity contribution in [1.29, 1.82) is 0 Å². The Morgan fingerprint density at radius 1 is 1.05 bits per heavy atom. The highest BCUT2D eigenvalue weighted by atomic mass is 32.2.